The molecule has 2 aromatic rings. The molecule has 3 N–H and O–H groups in total. The number of aromatic amines is 1. The van der Waals surface area contributed by atoms with Gasteiger partial charge in [0.25, 0.3) is 5.56 Å². The Morgan fingerprint density at radius 1 is 1.39 bits per heavy atom. The Balaban J connectivity index is 2.67. The lowest BCUT2D eigenvalue weighted by molar-refractivity contribution is 0.757. The molecule has 18 heavy (non-hydrogen) atoms. The van der Waals surface area contributed by atoms with E-state index in [-0.39, 0.29) is 18.0 Å². The van der Waals surface area contributed by atoms with E-state index in [4.69, 9.17) is 17.3 Å². The molecule has 0 bridgehead atoms. The summed E-state index contributed by atoms with van der Waals surface area (Å²) in [5.74, 6) is 0.208. The standard InChI is InChI=1S/C13H16ClN3O/c1-8(2)12-9(7-15)13(18)17(16-12)11-6-4-3-5-10(11)14/h3-6,8,16H,7,15H2,1-2H3. The lowest BCUT2D eigenvalue weighted by atomic mass is 10.1. The molecule has 0 spiro atoms. The third-order valence-corrected chi connectivity index (χ3v) is 3.21. The maximum atomic E-state index is 12.3. The number of nitrogens with zero attached hydrogens (tertiary/aromatic N) is 1. The van der Waals surface area contributed by atoms with Crippen molar-refractivity contribution in [3.63, 3.8) is 0 Å². The first-order valence-corrected chi connectivity index (χ1v) is 6.22. The van der Waals surface area contributed by atoms with Crippen molar-refractivity contribution in [2.45, 2.75) is 26.3 Å². The molecule has 1 heterocycles. The zero-order valence-corrected chi connectivity index (χ0v) is 11.2. The van der Waals surface area contributed by atoms with E-state index in [1.54, 1.807) is 12.1 Å². The highest BCUT2D eigenvalue weighted by molar-refractivity contribution is 6.32. The van der Waals surface area contributed by atoms with Crippen LogP contribution in [0.15, 0.2) is 29.1 Å². The number of hydrogen-bond donors (Lipinski definition) is 2. The van der Waals surface area contributed by atoms with E-state index >= 15 is 0 Å². The first kappa shape index (κ1) is 12.9. The van der Waals surface area contributed by atoms with E-state index in [2.05, 4.69) is 5.10 Å². The molecule has 96 valence electrons. The van der Waals surface area contributed by atoms with Crippen molar-refractivity contribution in [1.29, 1.82) is 0 Å². The molecule has 0 atom stereocenters. The number of aromatic nitrogens is 2. The SMILES string of the molecule is CC(C)c1[nH]n(-c2ccccc2Cl)c(=O)c1CN. The first-order valence-electron chi connectivity index (χ1n) is 5.85. The quantitative estimate of drug-likeness (QED) is 0.895. The smallest absolute Gasteiger partial charge is 0.276 e. The molecular weight excluding hydrogens is 250 g/mol. The zero-order chi connectivity index (χ0) is 13.3. The fourth-order valence-electron chi connectivity index (χ4n) is 1.97. The number of hydrogen-bond acceptors (Lipinski definition) is 2. The second kappa shape index (κ2) is 5.00. The van der Waals surface area contributed by atoms with Crippen LogP contribution in [0.3, 0.4) is 0 Å². The lowest BCUT2D eigenvalue weighted by Crippen LogP contribution is -2.19. The Bertz CT molecular complexity index is 613. The van der Waals surface area contributed by atoms with Gasteiger partial charge in [0, 0.05) is 12.2 Å². The lowest BCUT2D eigenvalue weighted by Gasteiger charge is -2.05. The van der Waals surface area contributed by atoms with Crippen LogP contribution in [0, 0.1) is 0 Å². The van der Waals surface area contributed by atoms with Gasteiger partial charge < -0.3 is 5.73 Å². The van der Waals surface area contributed by atoms with Gasteiger partial charge in [-0.25, -0.2) is 4.68 Å². The van der Waals surface area contributed by atoms with Gasteiger partial charge in [0.05, 0.1) is 16.3 Å². The van der Waals surface area contributed by atoms with Gasteiger partial charge in [-0.3, -0.25) is 9.89 Å². The molecule has 0 aliphatic carbocycles. The summed E-state index contributed by atoms with van der Waals surface area (Å²) < 4.78 is 1.46. The number of para-hydroxylation sites is 1. The van der Waals surface area contributed by atoms with Crippen molar-refractivity contribution < 1.29 is 0 Å². The molecule has 0 radical (unpaired) electrons. The van der Waals surface area contributed by atoms with Crippen molar-refractivity contribution in [2.24, 2.45) is 5.73 Å². The predicted octanol–water partition coefficient (Wildman–Crippen LogP) is 2.40. The van der Waals surface area contributed by atoms with Crippen molar-refractivity contribution in [3.05, 3.63) is 50.9 Å². The summed E-state index contributed by atoms with van der Waals surface area (Å²) in [7, 11) is 0. The third-order valence-electron chi connectivity index (χ3n) is 2.89. The maximum Gasteiger partial charge on any atom is 0.276 e. The molecule has 0 fully saturated rings. The summed E-state index contributed by atoms with van der Waals surface area (Å²) in [6, 6.07) is 7.21. The van der Waals surface area contributed by atoms with Crippen LogP contribution in [0.4, 0.5) is 0 Å². The van der Waals surface area contributed by atoms with Gasteiger partial charge in [0.2, 0.25) is 0 Å². The molecule has 2 rings (SSSR count). The van der Waals surface area contributed by atoms with E-state index in [1.165, 1.54) is 4.68 Å². The molecular formula is C13H16ClN3O. The van der Waals surface area contributed by atoms with E-state index in [1.807, 2.05) is 26.0 Å². The van der Waals surface area contributed by atoms with E-state index in [9.17, 15) is 4.79 Å². The molecule has 0 amide bonds. The van der Waals surface area contributed by atoms with Gasteiger partial charge in [-0.05, 0) is 18.1 Å². The maximum absolute atomic E-state index is 12.3. The Morgan fingerprint density at radius 2 is 2.06 bits per heavy atom. The van der Waals surface area contributed by atoms with Gasteiger partial charge in [-0.1, -0.05) is 37.6 Å². The fourth-order valence-corrected chi connectivity index (χ4v) is 2.19. The predicted molar refractivity (Wildman–Crippen MR) is 73.4 cm³/mol. The van der Waals surface area contributed by atoms with E-state index in [0.29, 0.717) is 16.3 Å². The van der Waals surface area contributed by atoms with Crippen molar-refractivity contribution in [2.75, 3.05) is 0 Å². The molecule has 0 saturated carbocycles. The van der Waals surface area contributed by atoms with Gasteiger partial charge >= 0.3 is 0 Å². The van der Waals surface area contributed by atoms with Gasteiger partial charge in [0.1, 0.15) is 0 Å². The van der Waals surface area contributed by atoms with Crippen LogP contribution in [0.5, 0.6) is 0 Å². The largest absolute Gasteiger partial charge is 0.326 e. The third kappa shape index (κ3) is 2.09. The van der Waals surface area contributed by atoms with Crippen LogP contribution in [-0.2, 0) is 6.54 Å². The number of nitrogens with two attached hydrogens (primary N) is 1. The van der Waals surface area contributed by atoms with Crippen LogP contribution in [0.25, 0.3) is 5.69 Å². The van der Waals surface area contributed by atoms with Crippen LogP contribution in [0.2, 0.25) is 5.02 Å². The van der Waals surface area contributed by atoms with Crippen molar-refractivity contribution >= 4 is 11.6 Å². The number of nitrogens with one attached hydrogen (secondary N) is 1. The monoisotopic (exact) mass is 265 g/mol. The second-order valence-electron chi connectivity index (χ2n) is 4.45. The Labute approximate surface area is 110 Å². The number of benzene rings is 1. The van der Waals surface area contributed by atoms with Gasteiger partial charge in [-0.15, -0.1) is 0 Å². The minimum atomic E-state index is -0.130. The van der Waals surface area contributed by atoms with Crippen LogP contribution in [-0.4, -0.2) is 9.78 Å². The van der Waals surface area contributed by atoms with E-state index in [0.717, 1.165) is 5.69 Å². The molecule has 1 aromatic carbocycles. The van der Waals surface area contributed by atoms with Crippen LogP contribution in [0.1, 0.15) is 31.0 Å². The van der Waals surface area contributed by atoms with Gasteiger partial charge in [0.15, 0.2) is 0 Å². The highest BCUT2D eigenvalue weighted by atomic mass is 35.5. The highest BCUT2D eigenvalue weighted by Crippen LogP contribution is 2.20. The molecule has 0 aliphatic rings. The Hall–Kier alpha value is -1.52. The normalized spacial score (nSPS) is 11.2. The molecule has 0 saturated heterocycles. The van der Waals surface area contributed by atoms with Crippen LogP contribution >= 0.6 is 11.6 Å². The molecule has 0 aliphatic heterocycles. The van der Waals surface area contributed by atoms with Gasteiger partial charge in [-0.2, -0.15) is 0 Å². The molecule has 1 aromatic heterocycles. The topological polar surface area (TPSA) is 63.8 Å². The number of H-pyrrole nitrogens is 1. The minimum Gasteiger partial charge on any atom is -0.326 e. The number of halogens is 1. The summed E-state index contributed by atoms with van der Waals surface area (Å²) >= 11 is 6.10. The summed E-state index contributed by atoms with van der Waals surface area (Å²) in [6.45, 7) is 4.25. The summed E-state index contributed by atoms with van der Waals surface area (Å²) in [5, 5.41) is 3.62. The van der Waals surface area contributed by atoms with Crippen molar-refractivity contribution in [3.8, 4) is 5.69 Å². The average molecular weight is 266 g/mol. The molecule has 0 unspecified atom stereocenters. The summed E-state index contributed by atoms with van der Waals surface area (Å²) in [4.78, 5) is 12.3. The molecule has 5 heteroatoms. The number of rotatable bonds is 3. The highest BCUT2D eigenvalue weighted by Gasteiger charge is 2.17. The summed E-state index contributed by atoms with van der Waals surface area (Å²) in [6.07, 6.45) is 0. The average Bonchev–Trinajstić information content (AvgIpc) is 2.67. The van der Waals surface area contributed by atoms with Crippen molar-refractivity contribution in [1.82, 2.24) is 9.78 Å². The van der Waals surface area contributed by atoms with Crippen LogP contribution < -0.4 is 11.3 Å². The zero-order valence-electron chi connectivity index (χ0n) is 10.4. The minimum absolute atomic E-state index is 0.130. The van der Waals surface area contributed by atoms with E-state index < -0.39 is 0 Å². The molecule has 4 nitrogen and oxygen atoms in total. The first-order chi connectivity index (χ1) is 8.56. The Kier molecular flexibility index (Phi) is 3.59. The summed E-state index contributed by atoms with van der Waals surface area (Å²) in [5.41, 5.74) is 7.65. The fraction of sp³-hybridized carbons (Fsp3) is 0.308. The Morgan fingerprint density at radius 3 is 2.56 bits per heavy atom. The second-order valence-corrected chi connectivity index (χ2v) is 4.86.